The largest absolute Gasteiger partial charge is 0.497 e. The van der Waals surface area contributed by atoms with Gasteiger partial charge >= 0.3 is 0 Å². The molecule has 0 bridgehead atoms. The Morgan fingerprint density at radius 1 is 1.20 bits per heavy atom. The van der Waals surface area contributed by atoms with Crippen LogP contribution >= 0.6 is 11.3 Å². The number of hydrogen-bond donors (Lipinski definition) is 1. The Balaban J connectivity index is 1.43. The second-order valence-corrected chi connectivity index (χ2v) is 9.33. The van der Waals surface area contributed by atoms with Crippen LogP contribution in [0.4, 0.5) is 0 Å². The number of ether oxygens (including phenoxy) is 3. The van der Waals surface area contributed by atoms with E-state index in [-0.39, 0.29) is 11.9 Å². The van der Waals surface area contributed by atoms with Crippen molar-refractivity contribution in [3.8, 4) is 11.5 Å². The van der Waals surface area contributed by atoms with Crippen LogP contribution in [-0.2, 0) is 16.1 Å². The van der Waals surface area contributed by atoms with Gasteiger partial charge in [0.15, 0.2) is 0 Å². The lowest BCUT2D eigenvalue weighted by molar-refractivity contribution is -0.117. The van der Waals surface area contributed by atoms with Crippen molar-refractivity contribution in [2.24, 2.45) is 0 Å². The van der Waals surface area contributed by atoms with Crippen molar-refractivity contribution in [1.82, 2.24) is 15.2 Å². The molecule has 0 unspecified atom stereocenters. The number of nitrogens with one attached hydrogen (secondary N) is 1. The normalized spacial score (nSPS) is 15.1. The lowest BCUT2D eigenvalue weighted by Crippen LogP contribution is -2.42. The summed E-state index contributed by atoms with van der Waals surface area (Å²) in [6.07, 6.45) is 3.35. The zero-order chi connectivity index (χ0) is 24.5. The van der Waals surface area contributed by atoms with Crippen LogP contribution in [0.15, 0.2) is 60.0 Å². The van der Waals surface area contributed by atoms with Crippen molar-refractivity contribution in [3.63, 3.8) is 0 Å². The molecule has 1 atom stereocenters. The van der Waals surface area contributed by atoms with Gasteiger partial charge in [0.25, 0.3) is 0 Å². The van der Waals surface area contributed by atoms with Crippen LogP contribution in [0.1, 0.15) is 27.9 Å². The minimum absolute atomic E-state index is 0.157. The van der Waals surface area contributed by atoms with E-state index < -0.39 is 0 Å². The number of carbonyl (C=O) groups is 1. The standard InChI is InChI=1S/C27H31N3O4S/c1-20-28-23(19-35-20)18-34-26-6-4-3-5-22(26)9-12-27(31)29-25(17-30-13-15-33-16-14-30)21-7-10-24(32-2)11-8-21/h3-12,19,25H,13-18H2,1-2H3,(H,29,31)/b12-9+/t25-/m1/s1. The van der Waals surface area contributed by atoms with E-state index in [0.717, 1.165) is 40.7 Å². The molecule has 0 saturated carbocycles. The van der Waals surface area contributed by atoms with Crippen molar-refractivity contribution in [3.05, 3.63) is 81.8 Å². The Bertz CT molecular complexity index is 1120. The summed E-state index contributed by atoms with van der Waals surface area (Å²) in [5.41, 5.74) is 2.76. The minimum atomic E-state index is -0.163. The van der Waals surface area contributed by atoms with Gasteiger partial charge in [-0.2, -0.15) is 0 Å². The number of thiazole rings is 1. The molecule has 0 aliphatic carbocycles. The highest BCUT2D eigenvalue weighted by atomic mass is 32.1. The highest BCUT2D eigenvalue weighted by Gasteiger charge is 2.20. The molecule has 1 aliphatic rings. The van der Waals surface area contributed by atoms with Gasteiger partial charge in [-0.05, 0) is 36.8 Å². The summed E-state index contributed by atoms with van der Waals surface area (Å²) in [6, 6.07) is 15.3. The zero-order valence-corrected chi connectivity index (χ0v) is 20.9. The number of aryl methyl sites for hydroxylation is 1. The highest BCUT2D eigenvalue weighted by molar-refractivity contribution is 7.09. The molecule has 184 valence electrons. The molecule has 1 aromatic heterocycles. The molecule has 1 fully saturated rings. The van der Waals surface area contributed by atoms with E-state index in [0.29, 0.717) is 32.1 Å². The van der Waals surface area contributed by atoms with Gasteiger partial charge in [-0.25, -0.2) is 4.98 Å². The van der Waals surface area contributed by atoms with Crippen LogP contribution in [0.5, 0.6) is 11.5 Å². The molecular formula is C27H31N3O4S. The molecule has 1 saturated heterocycles. The van der Waals surface area contributed by atoms with E-state index in [2.05, 4.69) is 15.2 Å². The van der Waals surface area contributed by atoms with Crippen LogP contribution in [0, 0.1) is 6.92 Å². The van der Waals surface area contributed by atoms with Gasteiger partial charge in [0, 0.05) is 36.7 Å². The maximum Gasteiger partial charge on any atom is 0.244 e. The van der Waals surface area contributed by atoms with Gasteiger partial charge in [-0.3, -0.25) is 9.69 Å². The van der Waals surface area contributed by atoms with Crippen LogP contribution in [0.3, 0.4) is 0 Å². The third kappa shape index (κ3) is 7.39. The fraction of sp³-hybridized carbons (Fsp3) is 0.333. The summed E-state index contributed by atoms with van der Waals surface area (Å²) < 4.78 is 16.7. The first kappa shape index (κ1) is 24.9. The average molecular weight is 494 g/mol. The van der Waals surface area contributed by atoms with E-state index in [1.54, 1.807) is 30.6 Å². The summed E-state index contributed by atoms with van der Waals surface area (Å²) in [5, 5.41) is 6.18. The monoisotopic (exact) mass is 493 g/mol. The van der Waals surface area contributed by atoms with E-state index >= 15 is 0 Å². The summed E-state index contributed by atoms with van der Waals surface area (Å²) >= 11 is 1.60. The van der Waals surface area contributed by atoms with Crippen LogP contribution < -0.4 is 14.8 Å². The lowest BCUT2D eigenvalue weighted by atomic mass is 10.1. The molecule has 3 aromatic rings. The number of morpholine rings is 1. The Kier molecular flexibility index (Phi) is 8.89. The molecule has 1 aliphatic heterocycles. The van der Waals surface area contributed by atoms with E-state index in [9.17, 15) is 4.79 Å². The third-order valence-corrected chi connectivity index (χ3v) is 6.58. The average Bonchev–Trinajstić information content (AvgIpc) is 3.32. The highest BCUT2D eigenvalue weighted by Crippen LogP contribution is 2.22. The summed E-state index contributed by atoms with van der Waals surface area (Å²) in [4.78, 5) is 19.7. The quantitative estimate of drug-likeness (QED) is 0.426. The van der Waals surface area contributed by atoms with Crippen LogP contribution in [0.2, 0.25) is 0 Å². The van der Waals surface area contributed by atoms with Gasteiger partial charge < -0.3 is 19.5 Å². The third-order valence-electron chi connectivity index (χ3n) is 5.75. The van der Waals surface area contributed by atoms with Gasteiger partial charge in [-0.15, -0.1) is 11.3 Å². The fourth-order valence-corrected chi connectivity index (χ4v) is 4.47. The van der Waals surface area contributed by atoms with Crippen LogP contribution in [-0.4, -0.2) is 55.7 Å². The summed E-state index contributed by atoms with van der Waals surface area (Å²) in [6.45, 7) is 6.19. The van der Waals surface area contributed by atoms with Crippen molar-refractivity contribution in [2.75, 3.05) is 40.0 Å². The Morgan fingerprint density at radius 2 is 1.97 bits per heavy atom. The van der Waals surface area contributed by atoms with E-state index in [1.165, 1.54) is 0 Å². The second kappa shape index (κ2) is 12.5. The van der Waals surface area contributed by atoms with Crippen molar-refractivity contribution in [2.45, 2.75) is 19.6 Å². The number of para-hydroxylation sites is 1. The number of hydrogen-bond acceptors (Lipinski definition) is 7. The number of rotatable bonds is 10. The molecule has 4 rings (SSSR count). The topological polar surface area (TPSA) is 72.9 Å². The SMILES string of the molecule is COc1ccc([C@@H](CN2CCOCC2)NC(=O)/C=C/c2ccccc2OCc2csc(C)n2)cc1. The Labute approximate surface area is 210 Å². The second-order valence-electron chi connectivity index (χ2n) is 8.27. The first-order chi connectivity index (χ1) is 17.1. The molecule has 2 aromatic carbocycles. The fourth-order valence-electron chi connectivity index (χ4n) is 3.87. The number of nitrogens with zero attached hydrogens (tertiary/aromatic N) is 2. The zero-order valence-electron chi connectivity index (χ0n) is 20.1. The first-order valence-corrected chi connectivity index (χ1v) is 12.5. The molecule has 7 nitrogen and oxygen atoms in total. The van der Waals surface area contributed by atoms with Crippen molar-refractivity contribution < 1.29 is 19.0 Å². The van der Waals surface area contributed by atoms with Gasteiger partial charge in [0.05, 0.1) is 37.1 Å². The summed E-state index contributed by atoms with van der Waals surface area (Å²) in [5.74, 6) is 1.33. The molecule has 1 N–H and O–H groups in total. The molecular weight excluding hydrogens is 462 g/mol. The van der Waals surface area contributed by atoms with Crippen LogP contribution in [0.25, 0.3) is 6.08 Å². The van der Waals surface area contributed by atoms with E-state index in [4.69, 9.17) is 14.2 Å². The molecule has 35 heavy (non-hydrogen) atoms. The van der Waals surface area contributed by atoms with E-state index in [1.807, 2.05) is 60.8 Å². The number of carbonyl (C=O) groups excluding carboxylic acids is 1. The van der Waals surface area contributed by atoms with Crippen molar-refractivity contribution in [1.29, 1.82) is 0 Å². The smallest absolute Gasteiger partial charge is 0.244 e. The first-order valence-electron chi connectivity index (χ1n) is 11.7. The van der Waals surface area contributed by atoms with Gasteiger partial charge in [0.2, 0.25) is 5.91 Å². The van der Waals surface area contributed by atoms with Gasteiger partial charge in [-0.1, -0.05) is 30.3 Å². The number of amides is 1. The molecule has 0 radical (unpaired) electrons. The maximum absolute atomic E-state index is 12.9. The predicted octanol–water partition coefficient (Wildman–Crippen LogP) is 4.24. The number of benzene rings is 2. The molecule has 2 heterocycles. The minimum Gasteiger partial charge on any atom is -0.497 e. The molecule has 8 heteroatoms. The predicted molar refractivity (Wildman–Crippen MR) is 138 cm³/mol. The molecule has 0 spiro atoms. The lowest BCUT2D eigenvalue weighted by Gasteiger charge is -2.31. The maximum atomic E-state index is 12.9. The van der Waals surface area contributed by atoms with Gasteiger partial charge in [0.1, 0.15) is 18.1 Å². The Morgan fingerprint density at radius 3 is 2.69 bits per heavy atom. The Hall–Kier alpha value is -3.20. The van der Waals surface area contributed by atoms with Crippen molar-refractivity contribution >= 4 is 23.3 Å². The molecule has 1 amide bonds. The summed E-state index contributed by atoms with van der Waals surface area (Å²) in [7, 11) is 1.65. The number of methoxy groups -OCH3 is 1. The number of aromatic nitrogens is 1.